The standard InChI is InChI=1S/C13H17N3O4/c1-13(2,3)20-12(19)16-5-4-9-8(7-16)6-14-10(15-9)11(17)18/h6H,4-5,7H2,1-3H3,(H,17,18). The van der Waals surface area contributed by atoms with Gasteiger partial charge in [0.05, 0.1) is 12.2 Å². The lowest BCUT2D eigenvalue weighted by atomic mass is 10.1. The lowest BCUT2D eigenvalue weighted by Crippen LogP contribution is -2.40. The van der Waals surface area contributed by atoms with Crippen LogP contribution in [0.3, 0.4) is 0 Å². The number of carboxylic acids is 1. The maximum atomic E-state index is 12.0. The number of hydrogen-bond donors (Lipinski definition) is 1. The fourth-order valence-corrected chi connectivity index (χ4v) is 1.90. The molecule has 0 spiro atoms. The number of hydrogen-bond acceptors (Lipinski definition) is 5. The predicted octanol–water partition coefficient (Wildman–Crippen LogP) is 1.47. The third-order valence-corrected chi connectivity index (χ3v) is 2.78. The zero-order chi connectivity index (χ0) is 14.9. The first-order valence-electron chi connectivity index (χ1n) is 6.32. The second-order valence-electron chi connectivity index (χ2n) is 5.62. The van der Waals surface area contributed by atoms with Crippen LogP contribution in [0.5, 0.6) is 0 Å². The van der Waals surface area contributed by atoms with Crippen LogP contribution in [0.4, 0.5) is 4.79 Å². The summed E-state index contributed by atoms with van der Waals surface area (Å²) < 4.78 is 5.31. The first kappa shape index (κ1) is 14.2. The maximum Gasteiger partial charge on any atom is 0.410 e. The van der Waals surface area contributed by atoms with E-state index in [2.05, 4.69) is 9.97 Å². The summed E-state index contributed by atoms with van der Waals surface area (Å²) in [7, 11) is 0. The van der Waals surface area contributed by atoms with Gasteiger partial charge in [-0.2, -0.15) is 0 Å². The van der Waals surface area contributed by atoms with E-state index in [0.29, 0.717) is 25.2 Å². The second-order valence-corrected chi connectivity index (χ2v) is 5.62. The van der Waals surface area contributed by atoms with Crippen LogP contribution < -0.4 is 0 Å². The van der Waals surface area contributed by atoms with Gasteiger partial charge in [-0.1, -0.05) is 0 Å². The fraction of sp³-hybridized carbons (Fsp3) is 0.538. The summed E-state index contributed by atoms with van der Waals surface area (Å²) >= 11 is 0. The van der Waals surface area contributed by atoms with Crippen LogP contribution in [-0.4, -0.2) is 44.2 Å². The van der Waals surface area contributed by atoms with E-state index in [1.807, 2.05) is 20.8 Å². The smallest absolute Gasteiger partial charge is 0.410 e. The Morgan fingerprint density at radius 1 is 1.40 bits per heavy atom. The number of carbonyl (C=O) groups excluding carboxylic acids is 1. The number of nitrogens with zero attached hydrogens (tertiary/aromatic N) is 3. The molecule has 0 atom stereocenters. The van der Waals surface area contributed by atoms with Crippen molar-refractivity contribution in [3.05, 3.63) is 23.3 Å². The van der Waals surface area contributed by atoms with Crippen molar-refractivity contribution in [3.63, 3.8) is 0 Å². The summed E-state index contributed by atoms with van der Waals surface area (Å²) in [6, 6.07) is 0. The Balaban J connectivity index is 2.12. The molecule has 7 heteroatoms. The molecule has 0 unspecified atom stereocenters. The van der Waals surface area contributed by atoms with Crippen LogP contribution in [0, 0.1) is 0 Å². The first-order valence-corrected chi connectivity index (χ1v) is 6.32. The molecule has 1 aliphatic heterocycles. The molecule has 2 heterocycles. The molecule has 0 aliphatic carbocycles. The highest BCUT2D eigenvalue weighted by Gasteiger charge is 2.27. The molecule has 108 valence electrons. The summed E-state index contributed by atoms with van der Waals surface area (Å²) in [5.41, 5.74) is 0.894. The predicted molar refractivity (Wildman–Crippen MR) is 69.3 cm³/mol. The average molecular weight is 279 g/mol. The summed E-state index contributed by atoms with van der Waals surface area (Å²) in [5.74, 6) is -1.36. The van der Waals surface area contributed by atoms with Crippen molar-refractivity contribution in [2.24, 2.45) is 0 Å². The quantitative estimate of drug-likeness (QED) is 0.836. The molecule has 1 aliphatic rings. The van der Waals surface area contributed by atoms with Gasteiger partial charge >= 0.3 is 12.1 Å². The molecule has 0 fully saturated rings. The Kier molecular flexibility index (Phi) is 3.61. The maximum absolute atomic E-state index is 12.0. The highest BCUT2D eigenvalue weighted by atomic mass is 16.6. The molecule has 1 aromatic rings. The molecule has 0 bridgehead atoms. The fourth-order valence-electron chi connectivity index (χ4n) is 1.90. The van der Waals surface area contributed by atoms with E-state index in [-0.39, 0.29) is 11.9 Å². The Morgan fingerprint density at radius 2 is 2.10 bits per heavy atom. The van der Waals surface area contributed by atoms with E-state index >= 15 is 0 Å². The number of ether oxygens (including phenoxy) is 1. The van der Waals surface area contributed by atoms with Crippen molar-refractivity contribution in [2.75, 3.05) is 6.54 Å². The van der Waals surface area contributed by atoms with Crippen LogP contribution in [0.2, 0.25) is 0 Å². The molecular formula is C13H17N3O4. The molecule has 0 saturated carbocycles. The lowest BCUT2D eigenvalue weighted by Gasteiger charge is -2.30. The van der Waals surface area contributed by atoms with Crippen molar-refractivity contribution in [2.45, 2.75) is 39.3 Å². The summed E-state index contributed by atoms with van der Waals surface area (Å²) in [5, 5.41) is 8.84. The zero-order valence-corrected chi connectivity index (χ0v) is 11.7. The normalized spacial score (nSPS) is 14.7. The highest BCUT2D eigenvalue weighted by molar-refractivity contribution is 5.83. The van der Waals surface area contributed by atoms with E-state index in [9.17, 15) is 9.59 Å². The first-order chi connectivity index (χ1) is 9.26. The minimum atomic E-state index is -1.15. The Labute approximate surface area is 116 Å². The van der Waals surface area contributed by atoms with Crippen molar-refractivity contribution in [1.82, 2.24) is 14.9 Å². The molecule has 1 N–H and O–H groups in total. The van der Waals surface area contributed by atoms with Crippen molar-refractivity contribution < 1.29 is 19.4 Å². The van der Waals surface area contributed by atoms with Gasteiger partial charge in [0, 0.05) is 24.7 Å². The summed E-state index contributed by atoms with van der Waals surface area (Å²) in [4.78, 5) is 32.1. The molecule has 0 aromatic carbocycles. The SMILES string of the molecule is CC(C)(C)OC(=O)N1CCc2nc(C(=O)O)ncc2C1. The largest absolute Gasteiger partial charge is 0.475 e. The summed E-state index contributed by atoms with van der Waals surface area (Å²) in [6.07, 6.45) is 1.57. The second kappa shape index (κ2) is 5.07. The van der Waals surface area contributed by atoms with Crippen LogP contribution in [0.1, 0.15) is 42.6 Å². The van der Waals surface area contributed by atoms with Crippen LogP contribution in [0.15, 0.2) is 6.20 Å². The lowest BCUT2D eigenvalue weighted by molar-refractivity contribution is 0.0221. The van der Waals surface area contributed by atoms with E-state index in [0.717, 1.165) is 5.56 Å². The van der Waals surface area contributed by atoms with Gasteiger partial charge in [-0.05, 0) is 20.8 Å². The van der Waals surface area contributed by atoms with Gasteiger partial charge in [-0.15, -0.1) is 0 Å². The number of amides is 1. The number of carbonyl (C=O) groups is 2. The molecule has 20 heavy (non-hydrogen) atoms. The minimum absolute atomic E-state index is 0.213. The highest BCUT2D eigenvalue weighted by Crippen LogP contribution is 2.19. The molecule has 0 radical (unpaired) electrons. The Morgan fingerprint density at radius 3 is 2.70 bits per heavy atom. The van der Waals surface area contributed by atoms with Crippen molar-refractivity contribution in [3.8, 4) is 0 Å². The van der Waals surface area contributed by atoms with Gasteiger partial charge < -0.3 is 14.7 Å². The minimum Gasteiger partial charge on any atom is -0.475 e. The van der Waals surface area contributed by atoms with Gasteiger partial charge in [0.1, 0.15) is 5.60 Å². The molecule has 2 rings (SSSR count). The molecule has 0 saturated heterocycles. The van der Waals surface area contributed by atoms with Crippen LogP contribution in [-0.2, 0) is 17.7 Å². The molecule has 1 amide bonds. The molecule has 7 nitrogen and oxygen atoms in total. The van der Waals surface area contributed by atoms with Gasteiger partial charge in [-0.25, -0.2) is 19.6 Å². The monoisotopic (exact) mass is 279 g/mol. The molecular weight excluding hydrogens is 262 g/mol. The van der Waals surface area contributed by atoms with Gasteiger partial charge in [0.25, 0.3) is 0 Å². The van der Waals surface area contributed by atoms with E-state index in [1.54, 1.807) is 4.90 Å². The Hall–Kier alpha value is -2.18. The molecule has 1 aromatic heterocycles. The zero-order valence-electron chi connectivity index (χ0n) is 11.7. The number of aromatic nitrogens is 2. The third-order valence-electron chi connectivity index (χ3n) is 2.78. The van der Waals surface area contributed by atoms with Crippen molar-refractivity contribution >= 4 is 12.1 Å². The van der Waals surface area contributed by atoms with Gasteiger partial charge in [0.2, 0.25) is 5.82 Å². The number of aromatic carboxylic acids is 1. The number of rotatable bonds is 1. The third kappa shape index (κ3) is 3.23. The Bertz CT molecular complexity index is 551. The summed E-state index contributed by atoms with van der Waals surface area (Å²) in [6.45, 7) is 6.23. The van der Waals surface area contributed by atoms with E-state index < -0.39 is 11.6 Å². The van der Waals surface area contributed by atoms with Gasteiger partial charge in [0.15, 0.2) is 0 Å². The van der Waals surface area contributed by atoms with Gasteiger partial charge in [-0.3, -0.25) is 0 Å². The average Bonchev–Trinajstić information content (AvgIpc) is 2.35. The topological polar surface area (TPSA) is 92.6 Å². The number of fused-ring (bicyclic) bond motifs is 1. The van der Waals surface area contributed by atoms with Crippen LogP contribution >= 0.6 is 0 Å². The van der Waals surface area contributed by atoms with E-state index in [4.69, 9.17) is 9.84 Å². The van der Waals surface area contributed by atoms with E-state index in [1.165, 1.54) is 6.20 Å². The van der Waals surface area contributed by atoms with Crippen molar-refractivity contribution in [1.29, 1.82) is 0 Å². The van der Waals surface area contributed by atoms with Crippen LogP contribution in [0.25, 0.3) is 0 Å². The number of carboxylic acid groups (broad SMARTS) is 1.